The zero-order valence-corrected chi connectivity index (χ0v) is 11.8. The molecular weight excluding hydrogens is 196 g/mol. The van der Waals surface area contributed by atoms with Gasteiger partial charge in [-0.1, -0.05) is 13.8 Å². The van der Waals surface area contributed by atoms with E-state index in [1.54, 1.807) is 0 Å². The van der Waals surface area contributed by atoms with E-state index in [9.17, 15) is 0 Å². The highest BCUT2D eigenvalue weighted by Crippen LogP contribution is 2.18. The molecule has 0 aromatic rings. The summed E-state index contributed by atoms with van der Waals surface area (Å²) in [6.07, 6.45) is 5.23. The maximum Gasteiger partial charge on any atom is 0.00991 e. The molecule has 0 saturated carbocycles. The van der Waals surface area contributed by atoms with Crippen molar-refractivity contribution >= 4 is 0 Å². The van der Waals surface area contributed by atoms with E-state index >= 15 is 0 Å². The SMILES string of the molecule is CCC(CC)N1CCC(NC(C)(C)C)CC1. The van der Waals surface area contributed by atoms with Gasteiger partial charge in [0.25, 0.3) is 0 Å². The summed E-state index contributed by atoms with van der Waals surface area (Å²) in [5.74, 6) is 0. The van der Waals surface area contributed by atoms with Crippen molar-refractivity contribution in [3.63, 3.8) is 0 Å². The van der Waals surface area contributed by atoms with Crippen molar-refractivity contribution in [2.45, 2.75) is 77.9 Å². The summed E-state index contributed by atoms with van der Waals surface area (Å²) >= 11 is 0. The lowest BCUT2D eigenvalue weighted by Gasteiger charge is -2.39. The standard InChI is InChI=1S/C14H30N2/c1-6-13(7-2)16-10-8-12(9-11-16)15-14(3,4)5/h12-13,15H,6-11H2,1-5H3. The first-order valence-electron chi connectivity index (χ1n) is 6.98. The summed E-state index contributed by atoms with van der Waals surface area (Å²) in [5.41, 5.74) is 0.266. The van der Waals surface area contributed by atoms with E-state index in [2.05, 4.69) is 44.8 Å². The molecule has 0 unspecified atom stereocenters. The topological polar surface area (TPSA) is 15.3 Å². The summed E-state index contributed by atoms with van der Waals surface area (Å²) in [6.45, 7) is 14.0. The average molecular weight is 226 g/mol. The largest absolute Gasteiger partial charge is 0.309 e. The quantitative estimate of drug-likeness (QED) is 0.792. The van der Waals surface area contributed by atoms with Gasteiger partial charge in [-0.15, -0.1) is 0 Å². The van der Waals surface area contributed by atoms with Crippen molar-refractivity contribution in [2.24, 2.45) is 0 Å². The number of hydrogen-bond donors (Lipinski definition) is 1. The van der Waals surface area contributed by atoms with E-state index in [-0.39, 0.29) is 5.54 Å². The van der Waals surface area contributed by atoms with Crippen molar-refractivity contribution in [1.29, 1.82) is 0 Å². The minimum Gasteiger partial charge on any atom is -0.309 e. The van der Waals surface area contributed by atoms with Crippen LogP contribution in [0.25, 0.3) is 0 Å². The number of likely N-dealkylation sites (tertiary alicyclic amines) is 1. The van der Waals surface area contributed by atoms with Gasteiger partial charge in [-0.25, -0.2) is 0 Å². The number of nitrogens with zero attached hydrogens (tertiary/aromatic N) is 1. The molecule has 0 atom stereocenters. The summed E-state index contributed by atoms with van der Waals surface area (Å²) in [6, 6.07) is 1.54. The van der Waals surface area contributed by atoms with Crippen molar-refractivity contribution in [3.05, 3.63) is 0 Å². The number of nitrogens with one attached hydrogen (secondary N) is 1. The lowest BCUT2D eigenvalue weighted by atomic mass is 9.98. The lowest BCUT2D eigenvalue weighted by molar-refractivity contribution is 0.127. The number of rotatable bonds is 4. The second kappa shape index (κ2) is 6.02. The molecule has 1 aliphatic heterocycles. The summed E-state index contributed by atoms with van der Waals surface area (Å²) in [7, 11) is 0. The Balaban J connectivity index is 2.33. The van der Waals surface area contributed by atoms with Gasteiger partial charge in [0.15, 0.2) is 0 Å². The van der Waals surface area contributed by atoms with E-state index in [1.165, 1.54) is 38.8 Å². The van der Waals surface area contributed by atoms with Crippen LogP contribution in [0.2, 0.25) is 0 Å². The Labute approximate surface area is 102 Å². The van der Waals surface area contributed by atoms with Crippen LogP contribution < -0.4 is 5.32 Å². The second-order valence-corrected chi connectivity index (χ2v) is 6.17. The van der Waals surface area contributed by atoms with Crippen LogP contribution in [0.4, 0.5) is 0 Å². The zero-order valence-electron chi connectivity index (χ0n) is 11.8. The Morgan fingerprint density at radius 1 is 1.12 bits per heavy atom. The van der Waals surface area contributed by atoms with Crippen LogP contribution in [0.15, 0.2) is 0 Å². The molecule has 16 heavy (non-hydrogen) atoms. The minimum atomic E-state index is 0.266. The van der Waals surface area contributed by atoms with Gasteiger partial charge in [0.05, 0.1) is 0 Å². The smallest absolute Gasteiger partial charge is 0.00991 e. The number of piperidine rings is 1. The lowest BCUT2D eigenvalue weighted by Crippen LogP contribution is -2.51. The van der Waals surface area contributed by atoms with Crippen LogP contribution in [0.1, 0.15) is 60.3 Å². The normalized spacial score (nSPS) is 20.6. The van der Waals surface area contributed by atoms with Gasteiger partial charge in [-0.3, -0.25) is 0 Å². The first kappa shape index (κ1) is 14.0. The maximum atomic E-state index is 3.73. The first-order valence-corrected chi connectivity index (χ1v) is 6.98. The van der Waals surface area contributed by atoms with Crippen LogP contribution in [0.3, 0.4) is 0 Å². The van der Waals surface area contributed by atoms with Crippen LogP contribution in [-0.2, 0) is 0 Å². The van der Waals surface area contributed by atoms with E-state index in [0.717, 1.165) is 12.1 Å². The van der Waals surface area contributed by atoms with Crippen molar-refractivity contribution in [3.8, 4) is 0 Å². The summed E-state index contributed by atoms with van der Waals surface area (Å²) in [5, 5.41) is 3.73. The fourth-order valence-electron chi connectivity index (χ4n) is 2.83. The predicted molar refractivity (Wildman–Crippen MR) is 71.9 cm³/mol. The van der Waals surface area contributed by atoms with Crippen LogP contribution >= 0.6 is 0 Å². The molecule has 0 bridgehead atoms. The van der Waals surface area contributed by atoms with Gasteiger partial charge >= 0.3 is 0 Å². The molecule has 1 fully saturated rings. The molecule has 1 N–H and O–H groups in total. The fourth-order valence-corrected chi connectivity index (χ4v) is 2.83. The Morgan fingerprint density at radius 2 is 1.62 bits per heavy atom. The van der Waals surface area contributed by atoms with E-state index in [1.807, 2.05) is 0 Å². The Morgan fingerprint density at radius 3 is 2.00 bits per heavy atom. The molecule has 0 amide bonds. The Kier molecular flexibility index (Phi) is 5.26. The predicted octanol–water partition coefficient (Wildman–Crippen LogP) is 3.03. The second-order valence-electron chi connectivity index (χ2n) is 6.17. The third kappa shape index (κ3) is 4.42. The van der Waals surface area contributed by atoms with Crippen molar-refractivity contribution < 1.29 is 0 Å². The number of hydrogen-bond acceptors (Lipinski definition) is 2. The molecule has 0 spiro atoms. The average Bonchev–Trinajstić information content (AvgIpc) is 2.20. The first-order chi connectivity index (χ1) is 7.46. The monoisotopic (exact) mass is 226 g/mol. The van der Waals surface area contributed by atoms with Crippen LogP contribution in [0, 0.1) is 0 Å². The van der Waals surface area contributed by atoms with Crippen LogP contribution in [0.5, 0.6) is 0 Å². The van der Waals surface area contributed by atoms with Gasteiger partial charge < -0.3 is 10.2 Å². The minimum absolute atomic E-state index is 0.266. The molecular formula is C14H30N2. The molecule has 1 saturated heterocycles. The molecule has 2 nitrogen and oxygen atoms in total. The molecule has 1 heterocycles. The van der Waals surface area contributed by atoms with Crippen molar-refractivity contribution in [2.75, 3.05) is 13.1 Å². The van der Waals surface area contributed by atoms with E-state index in [0.29, 0.717) is 0 Å². The van der Waals surface area contributed by atoms with E-state index < -0.39 is 0 Å². The zero-order chi connectivity index (χ0) is 12.2. The van der Waals surface area contributed by atoms with Gasteiger partial charge in [0.2, 0.25) is 0 Å². The molecule has 0 aromatic heterocycles. The molecule has 1 aliphatic rings. The van der Waals surface area contributed by atoms with Crippen molar-refractivity contribution in [1.82, 2.24) is 10.2 Å². The molecule has 0 aliphatic carbocycles. The third-order valence-corrected chi connectivity index (χ3v) is 3.63. The Bertz CT molecular complexity index is 183. The molecule has 1 rings (SSSR count). The van der Waals surface area contributed by atoms with Gasteiger partial charge in [-0.05, 0) is 59.5 Å². The van der Waals surface area contributed by atoms with E-state index in [4.69, 9.17) is 0 Å². The van der Waals surface area contributed by atoms with Gasteiger partial charge in [0.1, 0.15) is 0 Å². The third-order valence-electron chi connectivity index (χ3n) is 3.63. The molecule has 2 heteroatoms. The summed E-state index contributed by atoms with van der Waals surface area (Å²) < 4.78 is 0. The van der Waals surface area contributed by atoms with Crippen LogP contribution in [-0.4, -0.2) is 35.6 Å². The molecule has 0 radical (unpaired) electrons. The van der Waals surface area contributed by atoms with Gasteiger partial charge in [-0.2, -0.15) is 0 Å². The Hall–Kier alpha value is -0.0800. The maximum absolute atomic E-state index is 3.73. The highest BCUT2D eigenvalue weighted by molar-refractivity contribution is 4.84. The summed E-state index contributed by atoms with van der Waals surface area (Å²) in [4.78, 5) is 2.68. The molecule has 96 valence electrons. The highest BCUT2D eigenvalue weighted by atomic mass is 15.2. The highest BCUT2D eigenvalue weighted by Gasteiger charge is 2.25. The fraction of sp³-hybridized carbons (Fsp3) is 1.00. The molecule has 0 aromatic carbocycles. The van der Waals surface area contributed by atoms with Gasteiger partial charge in [0, 0.05) is 17.6 Å².